The van der Waals surface area contributed by atoms with E-state index in [2.05, 4.69) is 0 Å². The van der Waals surface area contributed by atoms with E-state index in [1.807, 2.05) is 0 Å². The third-order valence-corrected chi connectivity index (χ3v) is 4.46. The number of ether oxygens (including phenoxy) is 1. The van der Waals surface area contributed by atoms with Gasteiger partial charge in [-0.25, -0.2) is 13.2 Å². The first-order valence-electron chi connectivity index (χ1n) is 7.65. The Hall–Kier alpha value is -2.35. The minimum Gasteiger partial charge on any atom is -0.450 e. The lowest BCUT2D eigenvalue weighted by Gasteiger charge is -2.33. The fraction of sp³-hybridized carbons (Fsp3) is 0.375. The number of thiol groups is 1. The van der Waals surface area contributed by atoms with Gasteiger partial charge in [-0.3, -0.25) is 4.79 Å². The molecule has 1 aromatic rings. The third kappa shape index (κ3) is 4.58. The highest BCUT2D eigenvalue weighted by molar-refractivity contribution is 7.72. The number of hydrogen-bond acceptors (Lipinski definition) is 5. The molecule has 1 saturated heterocycles. The number of amides is 2. The summed E-state index contributed by atoms with van der Waals surface area (Å²) in [6.45, 7) is 3.74. The number of carbonyl (C=O) groups is 2. The Morgan fingerprint density at radius 3 is 2.38 bits per heavy atom. The van der Waals surface area contributed by atoms with Crippen LogP contribution in [0.3, 0.4) is 0 Å². The van der Waals surface area contributed by atoms with Crippen LogP contribution in [0.25, 0.3) is 6.08 Å². The second-order valence-electron chi connectivity index (χ2n) is 5.16. The van der Waals surface area contributed by atoms with Crippen LogP contribution >= 0.6 is 0 Å². The average Bonchev–Trinajstić information content (AvgIpc) is 2.60. The predicted molar refractivity (Wildman–Crippen MR) is 89.2 cm³/mol. The molecule has 8 heteroatoms. The molecule has 24 heavy (non-hydrogen) atoms. The van der Waals surface area contributed by atoms with Crippen molar-refractivity contribution >= 4 is 28.8 Å². The molecule has 7 nitrogen and oxygen atoms in total. The van der Waals surface area contributed by atoms with Crippen LogP contribution < -0.4 is 0 Å². The Morgan fingerprint density at radius 2 is 1.75 bits per heavy atom. The molecule has 130 valence electrons. The van der Waals surface area contributed by atoms with Gasteiger partial charge in [0.05, 0.1) is 11.5 Å². The van der Waals surface area contributed by atoms with Crippen LogP contribution in [0.1, 0.15) is 12.5 Å². The van der Waals surface area contributed by atoms with Crippen LogP contribution in [-0.4, -0.2) is 63.0 Å². The van der Waals surface area contributed by atoms with Gasteiger partial charge in [-0.2, -0.15) is 0 Å². The molecule has 0 unspecified atom stereocenters. The van der Waals surface area contributed by atoms with E-state index in [9.17, 15) is 18.0 Å². The van der Waals surface area contributed by atoms with Gasteiger partial charge < -0.3 is 14.5 Å². The molecule has 0 aliphatic carbocycles. The Balaban J connectivity index is 1.96. The number of nitrogens with zero attached hydrogens (tertiary/aromatic N) is 2. The third-order valence-electron chi connectivity index (χ3n) is 3.66. The van der Waals surface area contributed by atoms with Gasteiger partial charge in [0.1, 0.15) is 0 Å². The van der Waals surface area contributed by atoms with Crippen LogP contribution in [0, 0.1) is 0 Å². The Bertz CT molecular complexity index is 698. The summed E-state index contributed by atoms with van der Waals surface area (Å²) in [5.41, 5.74) is 0.479. The van der Waals surface area contributed by atoms with E-state index >= 15 is 0 Å². The largest absolute Gasteiger partial charge is 0.450 e. The van der Waals surface area contributed by atoms with Crippen molar-refractivity contribution < 1.29 is 22.7 Å². The van der Waals surface area contributed by atoms with Gasteiger partial charge in [0.15, 0.2) is 10.7 Å². The first kappa shape index (κ1) is 18.0. The second-order valence-corrected chi connectivity index (χ2v) is 6.16. The topological polar surface area (TPSA) is 84.0 Å². The molecule has 0 bridgehead atoms. The number of carbonyl (C=O) groups excluding carboxylic acids is 2. The van der Waals surface area contributed by atoms with E-state index in [1.54, 1.807) is 34.9 Å². The monoisotopic (exact) mass is 352 g/mol. The highest BCUT2D eigenvalue weighted by Crippen LogP contribution is 2.13. The van der Waals surface area contributed by atoms with Crippen LogP contribution in [-0.2, 0) is 20.2 Å². The molecular formula is C16H20N2O5S. The smallest absolute Gasteiger partial charge is 0.409 e. The van der Waals surface area contributed by atoms with Crippen molar-refractivity contribution in [2.45, 2.75) is 11.8 Å². The second kappa shape index (κ2) is 8.49. The number of benzene rings is 1. The zero-order valence-electron chi connectivity index (χ0n) is 13.4. The maximum absolute atomic E-state index is 12.2. The lowest BCUT2D eigenvalue weighted by atomic mass is 10.2. The van der Waals surface area contributed by atoms with Crippen molar-refractivity contribution in [1.82, 2.24) is 9.80 Å². The summed E-state index contributed by atoms with van der Waals surface area (Å²) in [5.74, 6) is -0.213. The molecule has 1 aromatic carbocycles. The van der Waals surface area contributed by atoms with Gasteiger partial charge >= 0.3 is 6.09 Å². The summed E-state index contributed by atoms with van der Waals surface area (Å²) in [6.07, 6.45) is 2.49. The molecule has 1 aliphatic heterocycles. The summed E-state index contributed by atoms with van der Waals surface area (Å²) in [6, 6.07) is 6.48. The van der Waals surface area contributed by atoms with E-state index in [0.717, 1.165) is 0 Å². The SMILES string of the molecule is CCOC(=O)N1CCN(C(=O)/C=C/c2ccccc2[SH](=O)=O)CC1. The molecule has 0 atom stereocenters. The maximum atomic E-state index is 12.2. The Labute approximate surface area is 142 Å². The number of hydrogen-bond donors (Lipinski definition) is 1. The lowest BCUT2D eigenvalue weighted by Crippen LogP contribution is -2.50. The zero-order chi connectivity index (χ0) is 17.5. The molecule has 2 rings (SSSR count). The van der Waals surface area contributed by atoms with Crippen molar-refractivity contribution in [1.29, 1.82) is 0 Å². The quantitative estimate of drug-likeness (QED) is 0.645. The van der Waals surface area contributed by atoms with Crippen LogP contribution in [0.2, 0.25) is 0 Å². The van der Waals surface area contributed by atoms with Crippen molar-refractivity contribution in [2.24, 2.45) is 0 Å². The molecule has 1 aliphatic rings. The van der Waals surface area contributed by atoms with Crippen molar-refractivity contribution in [3.63, 3.8) is 0 Å². The summed E-state index contributed by atoms with van der Waals surface area (Å²) < 4.78 is 27.3. The maximum Gasteiger partial charge on any atom is 0.409 e. The van der Waals surface area contributed by atoms with Crippen LogP contribution in [0.5, 0.6) is 0 Å². The summed E-state index contributed by atoms with van der Waals surface area (Å²) >= 11 is 0. The van der Waals surface area contributed by atoms with Crippen LogP contribution in [0.4, 0.5) is 4.79 Å². The molecular weight excluding hydrogens is 332 g/mol. The van der Waals surface area contributed by atoms with Gasteiger partial charge in [0, 0.05) is 32.3 Å². The molecule has 1 fully saturated rings. The Kier molecular flexibility index (Phi) is 6.36. The van der Waals surface area contributed by atoms with Crippen molar-refractivity contribution in [2.75, 3.05) is 32.8 Å². The first-order valence-corrected chi connectivity index (χ1v) is 8.82. The van der Waals surface area contributed by atoms with E-state index in [4.69, 9.17) is 4.74 Å². The molecule has 0 radical (unpaired) electrons. The average molecular weight is 352 g/mol. The molecule has 0 N–H and O–H groups in total. The fourth-order valence-corrected chi connectivity index (χ4v) is 2.95. The minimum absolute atomic E-state index is 0.184. The summed E-state index contributed by atoms with van der Waals surface area (Å²) in [5, 5.41) is 0. The van der Waals surface area contributed by atoms with E-state index in [-0.39, 0.29) is 16.9 Å². The molecule has 0 saturated carbocycles. The normalized spacial score (nSPS) is 15.1. The van der Waals surface area contributed by atoms with E-state index in [0.29, 0.717) is 38.3 Å². The van der Waals surface area contributed by atoms with Gasteiger partial charge in [0.2, 0.25) is 5.91 Å². The van der Waals surface area contributed by atoms with Gasteiger partial charge in [-0.05, 0) is 24.6 Å². The minimum atomic E-state index is -2.71. The number of piperazine rings is 1. The molecule has 2 amide bonds. The van der Waals surface area contributed by atoms with E-state index in [1.165, 1.54) is 18.2 Å². The Morgan fingerprint density at radius 1 is 1.12 bits per heavy atom. The lowest BCUT2D eigenvalue weighted by molar-refractivity contribution is -0.127. The highest BCUT2D eigenvalue weighted by Gasteiger charge is 2.23. The zero-order valence-corrected chi connectivity index (χ0v) is 14.3. The highest BCUT2D eigenvalue weighted by atomic mass is 32.2. The van der Waals surface area contributed by atoms with E-state index < -0.39 is 10.7 Å². The first-order chi connectivity index (χ1) is 11.5. The molecule has 1 heterocycles. The fourth-order valence-electron chi connectivity index (χ4n) is 2.39. The van der Waals surface area contributed by atoms with Gasteiger partial charge in [-0.1, -0.05) is 18.2 Å². The van der Waals surface area contributed by atoms with Gasteiger partial charge in [0.25, 0.3) is 0 Å². The molecule has 0 aromatic heterocycles. The number of rotatable bonds is 4. The van der Waals surface area contributed by atoms with Crippen molar-refractivity contribution in [3.8, 4) is 0 Å². The van der Waals surface area contributed by atoms with Crippen LogP contribution in [0.15, 0.2) is 35.2 Å². The molecule has 0 spiro atoms. The van der Waals surface area contributed by atoms with Crippen molar-refractivity contribution in [3.05, 3.63) is 35.9 Å². The predicted octanol–water partition coefficient (Wildman–Crippen LogP) is 0.971. The standard InChI is InChI=1S/C16H20N2O5S/c1-2-23-16(20)18-11-9-17(10-12-18)15(19)8-7-13-5-3-4-6-14(13)24(21)22/h3-8,24H,2,9-12H2,1H3/b8-7+. The summed E-state index contributed by atoms with van der Waals surface area (Å²) in [4.78, 5) is 27.2. The van der Waals surface area contributed by atoms with Gasteiger partial charge in [-0.15, -0.1) is 0 Å². The summed E-state index contributed by atoms with van der Waals surface area (Å²) in [7, 11) is -2.71.